The zero-order chi connectivity index (χ0) is 12.8. The predicted molar refractivity (Wildman–Crippen MR) is 78.6 cm³/mol. The van der Waals surface area contributed by atoms with Crippen LogP contribution in [0.5, 0.6) is 0 Å². The smallest absolute Gasteiger partial charge is 0.0561 e. The number of nitrogens with two attached hydrogens (primary N) is 1. The van der Waals surface area contributed by atoms with Gasteiger partial charge in [0.25, 0.3) is 0 Å². The molecule has 0 radical (unpaired) electrons. The summed E-state index contributed by atoms with van der Waals surface area (Å²) in [7, 11) is 0. The van der Waals surface area contributed by atoms with E-state index in [0.717, 1.165) is 13.0 Å². The van der Waals surface area contributed by atoms with Crippen molar-refractivity contribution < 1.29 is 0 Å². The second kappa shape index (κ2) is 6.92. The van der Waals surface area contributed by atoms with Gasteiger partial charge in [0, 0.05) is 16.7 Å². The molecule has 17 heavy (non-hydrogen) atoms. The number of nitrogens with zero attached hydrogens (tertiary/aromatic N) is 1. The van der Waals surface area contributed by atoms with Crippen molar-refractivity contribution in [3.63, 3.8) is 0 Å². The fourth-order valence-corrected chi connectivity index (χ4v) is 2.60. The number of benzene rings is 1. The molecule has 0 aromatic heterocycles. The molecular formula is C14H24N2S. The van der Waals surface area contributed by atoms with Gasteiger partial charge in [0.1, 0.15) is 0 Å². The lowest BCUT2D eigenvalue weighted by molar-refractivity contribution is 0.891. The van der Waals surface area contributed by atoms with Crippen LogP contribution in [-0.4, -0.2) is 11.8 Å². The van der Waals surface area contributed by atoms with Crippen molar-refractivity contribution >= 4 is 17.4 Å². The highest BCUT2D eigenvalue weighted by molar-refractivity contribution is 7.99. The van der Waals surface area contributed by atoms with Crippen molar-refractivity contribution in [2.75, 3.05) is 11.6 Å². The summed E-state index contributed by atoms with van der Waals surface area (Å²) in [5, 5.41) is 2.47. The van der Waals surface area contributed by atoms with Gasteiger partial charge in [-0.3, -0.25) is 0 Å². The van der Waals surface area contributed by atoms with Crippen molar-refractivity contribution in [1.82, 2.24) is 0 Å². The summed E-state index contributed by atoms with van der Waals surface area (Å²) in [6, 6.07) is 6.60. The highest BCUT2D eigenvalue weighted by Gasteiger charge is 2.16. The van der Waals surface area contributed by atoms with Crippen LogP contribution < -0.4 is 10.9 Å². The van der Waals surface area contributed by atoms with E-state index < -0.39 is 0 Å². The zero-order valence-electron chi connectivity index (χ0n) is 11.4. The first-order valence-electron chi connectivity index (χ1n) is 6.40. The van der Waals surface area contributed by atoms with Crippen LogP contribution in [0.25, 0.3) is 0 Å². The Morgan fingerprint density at radius 2 is 2.00 bits per heavy atom. The second-order valence-corrected chi connectivity index (χ2v) is 6.26. The maximum Gasteiger partial charge on any atom is 0.0561 e. The number of anilines is 1. The lowest BCUT2D eigenvalue weighted by Crippen LogP contribution is -2.28. The molecule has 0 bridgehead atoms. The third kappa shape index (κ3) is 4.25. The summed E-state index contributed by atoms with van der Waals surface area (Å²) < 4.78 is 0. The fraction of sp³-hybridized carbons (Fsp3) is 0.571. The van der Waals surface area contributed by atoms with Crippen molar-refractivity contribution in [3.05, 3.63) is 23.8 Å². The van der Waals surface area contributed by atoms with Crippen molar-refractivity contribution in [2.24, 2.45) is 5.84 Å². The number of hydrazine groups is 1. The standard InChI is InChI=1S/C11H16N2S.C3H8/c1-8(2)14-10-4-3-9-5-6-13(12)11(9)7-10;1-3-2/h3-4,7-8H,5-6,12H2,1-2H3;3H2,1-2H3. The van der Waals surface area contributed by atoms with Crippen LogP contribution in [0.2, 0.25) is 0 Å². The molecule has 0 unspecified atom stereocenters. The molecule has 2 nitrogen and oxygen atoms in total. The summed E-state index contributed by atoms with van der Waals surface area (Å²) in [5.74, 6) is 5.87. The predicted octanol–water partition coefficient (Wildman–Crippen LogP) is 3.84. The quantitative estimate of drug-likeness (QED) is 0.640. The highest BCUT2D eigenvalue weighted by atomic mass is 32.2. The highest BCUT2D eigenvalue weighted by Crippen LogP contribution is 2.32. The van der Waals surface area contributed by atoms with Gasteiger partial charge in [-0.2, -0.15) is 0 Å². The van der Waals surface area contributed by atoms with Crippen LogP contribution in [0.15, 0.2) is 23.1 Å². The minimum atomic E-state index is 0.626. The molecule has 1 heterocycles. The van der Waals surface area contributed by atoms with Gasteiger partial charge < -0.3 is 5.01 Å². The van der Waals surface area contributed by atoms with Gasteiger partial charge in [0.15, 0.2) is 0 Å². The van der Waals surface area contributed by atoms with E-state index in [4.69, 9.17) is 5.84 Å². The third-order valence-corrected chi connectivity index (χ3v) is 3.36. The topological polar surface area (TPSA) is 29.3 Å². The Labute approximate surface area is 110 Å². The average Bonchev–Trinajstić information content (AvgIpc) is 2.61. The fourth-order valence-electron chi connectivity index (χ4n) is 1.73. The summed E-state index contributed by atoms with van der Waals surface area (Å²) in [4.78, 5) is 1.32. The van der Waals surface area contributed by atoms with E-state index in [2.05, 4.69) is 45.9 Å². The monoisotopic (exact) mass is 252 g/mol. The van der Waals surface area contributed by atoms with E-state index in [9.17, 15) is 0 Å². The van der Waals surface area contributed by atoms with E-state index in [1.54, 1.807) is 0 Å². The third-order valence-electron chi connectivity index (χ3n) is 2.36. The Morgan fingerprint density at radius 1 is 1.35 bits per heavy atom. The lowest BCUT2D eigenvalue weighted by Gasteiger charge is -2.13. The molecule has 96 valence electrons. The summed E-state index contributed by atoms with van der Waals surface area (Å²) in [5.41, 5.74) is 2.58. The second-order valence-electron chi connectivity index (χ2n) is 4.61. The van der Waals surface area contributed by atoms with E-state index in [1.165, 1.54) is 22.6 Å². The van der Waals surface area contributed by atoms with E-state index in [-0.39, 0.29) is 0 Å². The molecule has 1 aromatic rings. The Bertz CT molecular complexity index is 350. The molecule has 0 atom stereocenters. The van der Waals surface area contributed by atoms with Gasteiger partial charge in [-0.1, -0.05) is 40.2 Å². The van der Waals surface area contributed by atoms with Gasteiger partial charge in [-0.05, 0) is 24.1 Å². The van der Waals surface area contributed by atoms with Crippen molar-refractivity contribution in [2.45, 2.75) is 50.7 Å². The van der Waals surface area contributed by atoms with E-state index >= 15 is 0 Å². The molecule has 1 aromatic carbocycles. The maximum atomic E-state index is 5.87. The molecule has 0 fully saturated rings. The van der Waals surface area contributed by atoms with Crippen LogP contribution in [0, 0.1) is 0 Å². The molecule has 1 aliphatic heterocycles. The molecule has 3 heteroatoms. The zero-order valence-corrected chi connectivity index (χ0v) is 12.2. The molecule has 1 aliphatic rings. The van der Waals surface area contributed by atoms with Crippen LogP contribution >= 0.6 is 11.8 Å². The Hall–Kier alpha value is -0.670. The maximum absolute atomic E-state index is 5.87. The first-order chi connectivity index (χ1) is 8.08. The molecule has 0 saturated heterocycles. The number of hydrogen-bond acceptors (Lipinski definition) is 3. The normalized spacial score (nSPS) is 13.4. The summed E-state index contributed by atoms with van der Waals surface area (Å²) >= 11 is 1.88. The van der Waals surface area contributed by atoms with Gasteiger partial charge in [0.05, 0.1) is 5.69 Å². The van der Waals surface area contributed by atoms with Crippen LogP contribution in [0.4, 0.5) is 5.69 Å². The van der Waals surface area contributed by atoms with Gasteiger partial charge in [-0.15, -0.1) is 11.8 Å². The van der Waals surface area contributed by atoms with Gasteiger partial charge in [-0.25, -0.2) is 5.84 Å². The number of thioether (sulfide) groups is 1. The minimum absolute atomic E-state index is 0.626. The number of fused-ring (bicyclic) bond motifs is 1. The lowest BCUT2D eigenvalue weighted by atomic mass is 10.2. The molecule has 0 spiro atoms. The molecular weight excluding hydrogens is 228 g/mol. The molecule has 2 rings (SSSR count). The van der Waals surface area contributed by atoms with Crippen molar-refractivity contribution in [1.29, 1.82) is 0 Å². The van der Waals surface area contributed by atoms with Gasteiger partial charge in [0.2, 0.25) is 0 Å². The number of hydrogen-bond donors (Lipinski definition) is 1. The minimum Gasteiger partial charge on any atom is -0.310 e. The van der Waals surface area contributed by atoms with E-state index in [0.29, 0.717) is 5.25 Å². The first kappa shape index (κ1) is 14.4. The van der Waals surface area contributed by atoms with Gasteiger partial charge >= 0.3 is 0 Å². The summed E-state index contributed by atoms with van der Waals surface area (Å²) in [6.07, 6.45) is 2.33. The van der Waals surface area contributed by atoms with Crippen LogP contribution in [0.3, 0.4) is 0 Å². The molecule has 0 amide bonds. The Kier molecular flexibility index (Phi) is 5.86. The average molecular weight is 252 g/mol. The number of rotatable bonds is 2. The largest absolute Gasteiger partial charge is 0.310 e. The van der Waals surface area contributed by atoms with Crippen LogP contribution in [-0.2, 0) is 6.42 Å². The Balaban J connectivity index is 0.000000437. The SMILES string of the molecule is CC(C)Sc1ccc2c(c1)N(N)CC2.CCC. The van der Waals surface area contributed by atoms with E-state index in [1.807, 2.05) is 16.8 Å². The first-order valence-corrected chi connectivity index (χ1v) is 7.28. The molecule has 2 N–H and O–H groups in total. The Morgan fingerprint density at radius 3 is 2.59 bits per heavy atom. The van der Waals surface area contributed by atoms with Crippen molar-refractivity contribution in [3.8, 4) is 0 Å². The molecule has 0 aliphatic carbocycles. The summed E-state index contributed by atoms with van der Waals surface area (Å²) in [6.45, 7) is 9.61. The van der Waals surface area contributed by atoms with Crippen LogP contribution in [0.1, 0.15) is 39.7 Å². The molecule has 0 saturated carbocycles.